The maximum absolute atomic E-state index is 8.98. The predicted octanol–water partition coefficient (Wildman–Crippen LogP) is 3.79. The Balaban J connectivity index is 1.48. The first-order valence-corrected chi connectivity index (χ1v) is 9.58. The van der Waals surface area contributed by atoms with E-state index in [1.807, 2.05) is 61.6 Å². The number of fused-ring (bicyclic) bond motifs is 2. The minimum Gasteiger partial charge on any atom is -0.369 e. The second-order valence-corrected chi connectivity index (χ2v) is 7.31. The average Bonchev–Trinajstić information content (AvgIpc) is 3.36. The third-order valence-corrected chi connectivity index (χ3v) is 5.33. The van der Waals surface area contributed by atoms with Gasteiger partial charge in [-0.3, -0.25) is 14.1 Å². The molecule has 0 saturated heterocycles. The zero-order chi connectivity index (χ0) is 20.7. The molecule has 30 heavy (non-hydrogen) atoms. The smallest absolute Gasteiger partial charge is 0.155 e. The van der Waals surface area contributed by atoms with Crippen LogP contribution in [0.1, 0.15) is 11.3 Å². The van der Waals surface area contributed by atoms with Gasteiger partial charge in [0, 0.05) is 36.9 Å². The molecular weight excluding hydrogens is 374 g/mol. The minimum absolute atomic E-state index is 0.640. The van der Waals surface area contributed by atoms with E-state index < -0.39 is 0 Å². The normalized spacial score (nSPS) is 11.1. The summed E-state index contributed by atoms with van der Waals surface area (Å²) < 4.78 is 3.95. The van der Waals surface area contributed by atoms with E-state index >= 15 is 0 Å². The third-order valence-electron chi connectivity index (χ3n) is 5.33. The molecule has 0 bridgehead atoms. The second kappa shape index (κ2) is 7.01. The van der Waals surface area contributed by atoms with Crippen LogP contribution in [0.2, 0.25) is 0 Å². The molecule has 0 amide bonds. The highest BCUT2D eigenvalue weighted by atomic mass is 15.2. The number of hydrogen-bond donors (Lipinski definition) is 0. The van der Waals surface area contributed by atoms with Gasteiger partial charge >= 0.3 is 0 Å². The fourth-order valence-electron chi connectivity index (χ4n) is 3.67. The number of aryl methyl sites for hydroxylation is 1. The Morgan fingerprint density at radius 3 is 2.67 bits per heavy atom. The molecule has 3 heterocycles. The van der Waals surface area contributed by atoms with Gasteiger partial charge in [0.1, 0.15) is 0 Å². The van der Waals surface area contributed by atoms with Gasteiger partial charge in [0.05, 0.1) is 53.7 Å². The minimum atomic E-state index is 0.640. The molecule has 0 aliphatic carbocycles. The number of hydrogen-bond acceptors (Lipinski definition) is 5. The van der Waals surface area contributed by atoms with Crippen LogP contribution in [0, 0.1) is 11.3 Å². The van der Waals surface area contributed by atoms with Crippen molar-refractivity contribution < 1.29 is 0 Å². The molecule has 0 spiro atoms. The Kier molecular flexibility index (Phi) is 4.18. The van der Waals surface area contributed by atoms with Crippen LogP contribution < -0.4 is 4.90 Å². The van der Waals surface area contributed by atoms with Crippen LogP contribution in [0.3, 0.4) is 0 Å². The molecule has 0 aliphatic heterocycles. The van der Waals surface area contributed by atoms with Gasteiger partial charge < -0.3 is 4.90 Å². The van der Waals surface area contributed by atoms with E-state index in [-0.39, 0.29) is 0 Å². The van der Waals surface area contributed by atoms with Gasteiger partial charge in [-0.25, -0.2) is 4.98 Å². The van der Waals surface area contributed by atoms with Gasteiger partial charge in [0.2, 0.25) is 0 Å². The van der Waals surface area contributed by atoms with Crippen LogP contribution in [0.25, 0.3) is 27.8 Å². The largest absolute Gasteiger partial charge is 0.369 e. The van der Waals surface area contributed by atoms with E-state index in [2.05, 4.69) is 48.6 Å². The summed E-state index contributed by atoms with van der Waals surface area (Å²) in [6, 6.07) is 16.0. The maximum Gasteiger partial charge on any atom is 0.155 e. The van der Waals surface area contributed by atoms with Gasteiger partial charge in [0.25, 0.3) is 0 Å². The Labute approximate surface area is 173 Å². The van der Waals surface area contributed by atoms with Gasteiger partial charge in [-0.15, -0.1) is 0 Å². The molecule has 0 unspecified atom stereocenters. The summed E-state index contributed by atoms with van der Waals surface area (Å²) >= 11 is 0. The summed E-state index contributed by atoms with van der Waals surface area (Å²) in [7, 11) is 3.96. The van der Waals surface area contributed by atoms with Crippen LogP contribution in [0.5, 0.6) is 0 Å². The molecule has 146 valence electrons. The number of imidazole rings is 1. The Morgan fingerprint density at radius 2 is 1.87 bits per heavy atom. The molecule has 5 rings (SSSR count). The highest BCUT2D eigenvalue weighted by Crippen LogP contribution is 2.25. The Morgan fingerprint density at radius 1 is 1.03 bits per heavy atom. The summed E-state index contributed by atoms with van der Waals surface area (Å²) in [5.74, 6) is 0. The zero-order valence-corrected chi connectivity index (χ0v) is 16.7. The first-order chi connectivity index (χ1) is 14.6. The number of nitrogens with zero attached hydrogens (tertiary/aromatic N) is 7. The van der Waals surface area contributed by atoms with Crippen molar-refractivity contribution in [2.45, 2.75) is 6.54 Å². The van der Waals surface area contributed by atoms with Crippen molar-refractivity contribution in [2.75, 3.05) is 11.9 Å². The second-order valence-electron chi connectivity index (χ2n) is 7.31. The lowest BCUT2D eigenvalue weighted by Crippen LogP contribution is -2.17. The van der Waals surface area contributed by atoms with E-state index in [4.69, 9.17) is 5.26 Å². The van der Waals surface area contributed by atoms with E-state index in [1.165, 1.54) is 0 Å². The van der Waals surface area contributed by atoms with Gasteiger partial charge in [-0.05, 0) is 36.4 Å². The van der Waals surface area contributed by atoms with Gasteiger partial charge in [-0.2, -0.15) is 10.4 Å². The molecule has 0 atom stereocenters. The number of rotatable bonds is 4. The first kappa shape index (κ1) is 17.9. The number of benzene rings is 2. The summed E-state index contributed by atoms with van der Waals surface area (Å²) in [5, 5.41) is 14.4. The molecule has 7 nitrogen and oxygen atoms in total. The fraction of sp³-hybridized carbons (Fsp3) is 0.130. The summed E-state index contributed by atoms with van der Waals surface area (Å²) in [6.45, 7) is 0.640. The molecule has 0 saturated carbocycles. The lowest BCUT2D eigenvalue weighted by molar-refractivity contribution is 0.797. The van der Waals surface area contributed by atoms with Crippen molar-refractivity contribution in [1.82, 2.24) is 24.1 Å². The standard InChI is InChI=1S/C23H19N7/c1-28(20-6-3-16(10-24)4-7-20)14-19-15-30-22(12-26-23(30)13-25-19)17-5-8-21-18(9-17)11-27-29(21)2/h3-9,11-13,15H,14H2,1-2H3. The molecule has 0 N–H and O–H groups in total. The number of aromatic nitrogens is 5. The molecule has 0 fully saturated rings. The van der Waals surface area contributed by atoms with Crippen molar-refractivity contribution >= 4 is 22.2 Å². The van der Waals surface area contributed by atoms with E-state index in [9.17, 15) is 0 Å². The average molecular weight is 393 g/mol. The topological polar surface area (TPSA) is 75.0 Å². The summed E-state index contributed by atoms with van der Waals surface area (Å²) in [4.78, 5) is 11.2. The Hall–Kier alpha value is -4.18. The summed E-state index contributed by atoms with van der Waals surface area (Å²) in [6.07, 6.45) is 7.59. The van der Waals surface area contributed by atoms with Gasteiger partial charge in [-0.1, -0.05) is 6.07 Å². The first-order valence-electron chi connectivity index (χ1n) is 9.58. The molecule has 7 heteroatoms. The predicted molar refractivity (Wildman–Crippen MR) is 116 cm³/mol. The van der Waals surface area contributed by atoms with Crippen molar-refractivity contribution in [1.29, 1.82) is 5.26 Å². The molecule has 5 aromatic rings. The highest BCUT2D eigenvalue weighted by molar-refractivity contribution is 5.84. The molecule has 3 aromatic heterocycles. The zero-order valence-electron chi connectivity index (χ0n) is 16.7. The van der Waals surface area contributed by atoms with Crippen molar-refractivity contribution in [2.24, 2.45) is 7.05 Å². The van der Waals surface area contributed by atoms with Crippen LogP contribution in [0.15, 0.2) is 67.3 Å². The van der Waals surface area contributed by atoms with Crippen LogP contribution in [0.4, 0.5) is 5.69 Å². The van der Waals surface area contributed by atoms with Crippen LogP contribution in [-0.2, 0) is 13.6 Å². The van der Waals surface area contributed by atoms with Crippen molar-refractivity contribution in [3.05, 3.63) is 78.5 Å². The van der Waals surface area contributed by atoms with Crippen molar-refractivity contribution in [3.63, 3.8) is 0 Å². The number of nitriles is 1. The maximum atomic E-state index is 8.98. The lowest BCUT2D eigenvalue weighted by atomic mass is 10.1. The summed E-state index contributed by atoms with van der Waals surface area (Å²) in [5.41, 5.74) is 6.61. The SMILES string of the molecule is CN(Cc1cn2c(-c3ccc4c(cnn4C)c3)cnc2cn1)c1ccc(C#N)cc1. The molecule has 0 radical (unpaired) electrons. The number of anilines is 1. The van der Waals surface area contributed by atoms with E-state index in [0.29, 0.717) is 12.1 Å². The molecule has 0 aliphatic rings. The van der Waals surface area contributed by atoms with E-state index in [0.717, 1.165) is 39.2 Å². The van der Waals surface area contributed by atoms with E-state index in [1.54, 1.807) is 6.20 Å². The Bertz CT molecular complexity index is 1400. The van der Waals surface area contributed by atoms with Crippen LogP contribution in [-0.4, -0.2) is 31.2 Å². The molecular formula is C23H19N7. The fourth-order valence-corrected chi connectivity index (χ4v) is 3.67. The van der Waals surface area contributed by atoms with Crippen LogP contribution >= 0.6 is 0 Å². The highest BCUT2D eigenvalue weighted by Gasteiger charge is 2.11. The van der Waals surface area contributed by atoms with Crippen molar-refractivity contribution in [3.8, 4) is 17.3 Å². The molecule has 2 aromatic carbocycles. The monoisotopic (exact) mass is 393 g/mol. The lowest BCUT2D eigenvalue weighted by Gasteiger charge is -2.19. The van der Waals surface area contributed by atoms with Gasteiger partial charge in [0.15, 0.2) is 5.65 Å². The quantitative estimate of drug-likeness (QED) is 0.464. The third kappa shape index (κ3) is 3.05.